The lowest BCUT2D eigenvalue weighted by Crippen LogP contribution is -2.46. The first-order chi connectivity index (χ1) is 18.4. The van der Waals surface area contributed by atoms with Gasteiger partial charge in [0.05, 0.1) is 17.8 Å². The number of nitrogens with zero attached hydrogens (tertiary/aromatic N) is 2. The third kappa shape index (κ3) is 3.86. The van der Waals surface area contributed by atoms with Crippen LogP contribution in [0.15, 0.2) is 146 Å². The minimum Gasteiger partial charge on any atom is -0.342 e. The van der Waals surface area contributed by atoms with E-state index in [9.17, 15) is 0 Å². The number of anilines is 1. The molecule has 4 aromatic rings. The van der Waals surface area contributed by atoms with Crippen molar-refractivity contribution in [3.05, 3.63) is 157 Å². The van der Waals surface area contributed by atoms with Crippen molar-refractivity contribution in [1.29, 1.82) is 0 Å². The highest BCUT2D eigenvalue weighted by Gasteiger charge is 2.40. The van der Waals surface area contributed by atoms with Crippen molar-refractivity contribution < 1.29 is 0 Å². The molecule has 0 spiro atoms. The van der Waals surface area contributed by atoms with Gasteiger partial charge >= 0.3 is 0 Å². The highest BCUT2D eigenvalue weighted by molar-refractivity contribution is 5.75. The molecule has 0 radical (unpaired) electrons. The van der Waals surface area contributed by atoms with Gasteiger partial charge in [0, 0.05) is 17.4 Å². The van der Waals surface area contributed by atoms with Gasteiger partial charge in [0.2, 0.25) is 0 Å². The highest BCUT2D eigenvalue weighted by atomic mass is 15.2. The van der Waals surface area contributed by atoms with Crippen LogP contribution in [0.2, 0.25) is 0 Å². The fourth-order valence-electron chi connectivity index (χ4n) is 6.12. The summed E-state index contributed by atoms with van der Waals surface area (Å²) in [5, 5.41) is 0. The SMILES string of the molecule is C1=CC2c3ccccc3C3C=CC=CC3N(c3cc(-c4ccccc4)cc(-c4ccccc4)n3)C2C=C1. The van der Waals surface area contributed by atoms with Crippen molar-refractivity contribution in [2.24, 2.45) is 0 Å². The number of hydrogen-bond acceptors (Lipinski definition) is 2. The predicted octanol–water partition coefficient (Wildman–Crippen LogP) is 8.09. The van der Waals surface area contributed by atoms with E-state index in [1.807, 2.05) is 0 Å². The lowest BCUT2D eigenvalue weighted by Gasteiger charge is -2.41. The van der Waals surface area contributed by atoms with Crippen molar-refractivity contribution in [2.45, 2.75) is 23.9 Å². The van der Waals surface area contributed by atoms with Crippen molar-refractivity contribution in [3.63, 3.8) is 0 Å². The Morgan fingerprint density at radius 1 is 0.486 bits per heavy atom. The van der Waals surface area contributed by atoms with Crippen LogP contribution >= 0.6 is 0 Å². The average molecular weight is 477 g/mol. The van der Waals surface area contributed by atoms with Crippen LogP contribution in [0.4, 0.5) is 5.82 Å². The van der Waals surface area contributed by atoms with Gasteiger partial charge in [-0.2, -0.15) is 0 Å². The first-order valence-electron chi connectivity index (χ1n) is 13.1. The van der Waals surface area contributed by atoms with Gasteiger partial charge in [0.1, 0.15) is 5.82 Å². The maximum absolute atomic E-state index is 5.35. The van der Waals surface area contributed by atoms with E-state index in [4.69, 9.17) is 4.98 Å². The van der Waals surface area contributed by atoms with E-state index in [2.05, 4.69) is 151 Å². The molecule has 0 N–H and O–H groups in total. The fourth-order valence-corrected chi connectivity index (χ4v) is 6.12. The molecule has 2 aliphatic carbocycles. The Hall–Kier alpha value is -4.43. The quantitative estimate of drug-likeness (QED) is 0.297. The van der Waals surface area contributed by atoms with Crippen LogP contribution in [0.3, 0.4) is 0 Å². The molecular formula is C35H28N2. The third-order valence-corrected chi connectivity index (χ3v) is 7.82. The van der Waals surface area contributed by atoms with Crippen LogP contribution < -0.4 is 4.90 Å². The summed E-state index contributed by atoms with van der Waals surface area (Å²) in [6.45, 7) is 0. The summed E-state index contributed by atoms with van der Waals surface area (Å²) in [5.41, 5.74) is 7.34. The highest BCUT2D eigenvalue weighted by Crippen LogP contribution is 2.45. The lowest BCUT2D eigenvalue weighted by atomic mass is 9.82. The Kier molecular flexibility index (Phi) is 5.44. The Bertz CT molecular complexity index is 1430. The number of aromatic nitrogens is 1. The maximum Gasteiger partial charge on any atom is 0.130 e. The van der Waals surface area contributed by atoms with Gasteiger partial charge in [0.25, 0.3) is 0 Å². The summed E-state index contributed by atoms with van der Waals surface area (Å²) in [7, 11) is 0. The number of hydrogen-bond donors (Lipinski definition) is 0. The van der Waals surface area contributed by atoms with Gasteiger partial charge in [-0.1, -0.05) is 134 Å². The van der Waals surface area contributed by atoms with Crippen molar-refractivity contribution >= 4 is 5.82 Å². The Balaban J connectivity index is 1.46. The number of allylic oxidation sites excluding steroid dienone is 4. The van der Waals surface area contributed by atoms with Crippen LogP contribution in [0.5, 0.6) is 0 Å². The molecule has 1 aromatic heterocycles. The van der Waals surface area contributed by atoms with Crippen molar-refractivity contribution in [1.82, 2.24) is 4.98 Å². The summed E-state index contributed by atoms with van der Waals surface area (Å²) in [4.78, 5) is 7.91. The van der Waals surface area contributed by atoms with E-state index in [0.29, 0.717) is 0 Å². The average Bonchev–Trinajstić information content (AvgIpc) is 3.11. The van der Waals surface area contributed by atoms with E-state index in [1.54, 1.807) is 0 Å². The van der Waals surface area contributed by atoms with Gasteiger partial charge in [-0.25, -0.2) is 4.98 Å². The molecule has 4 unspecified atom stereocenters. The van der Waals surface area contributed by atoms with Crippen LogP contribution in [0, 0.1) is 0 Å². The molecule has 0 saturated carbocycles. The predicted molar refractivity (Wildman–Crippen MR) is 154 cm³/mol. The fraction of sp³-hybridized carbons (Fsp3) is 0.114. The standard InChI is InChI=1S/C35H28N2/c1-3-13-25(14-4-1)27-23-32(26-15-5-2-6-16-26)36-35(24-27)37-33-21-11-9-19-30(33)28-17-7-8-18-29(28)31-20-10-12-22-34(31)37/h1-24,30-31,33-34H. The van der Waals surface area contributed by atoms with Crippen molar-refractivity contribution in [3.8, 4) is 22.4 Å². The minimum atomic E-state index is 0.166. The van der Waals surface area contributed by atoms with Crippen LogP contribution in [0.25, 0.3) is 22.4 Å². The number of rotatable bonds is 3. The third-order valence-electron chi connectivity index (χ3n) is 7.82. The van der Waals surface area contributed by atoms with Crippen LogP contribution in [-0.2, 0) is 0 Å². The maximum atomic E-state index is 5.35. The van der Waals surface area contributed by atoms with E-state index < -0.39 is 0 Å². The van der Waals surface area contributed by atoms with E-state index in [-0.39, 0.29) is 23.9 Å². The van der Waals surface area contributed by atoms with E-state index >= 15 is 0 Å². The Labute approximate surface area is 218 Å². The second kappa shape index (κ2) is 9.22. The van der Waals surface area contributed by atoms with Gasteiger partial charge in [-0.15, -0.1) is 0 Å². The molecule has 0 saturated heterocycles. The number of benzene rings is 3. The van der Waals surface area contributed by atoms with Gasteiger partial charge in [0.15, 0.2) is 0 Å². The number of fused-ring (bicyclic) bond motifs is 5. The van der Waals surface area contributed by atoms with Gasteiger partial charge < -0.3 is 4.90 Å². The van der Waals surface area contributed by atoms with Gasteiger partial charge in [-0.3, -0.25) is 0 Å². The summed E-state index contributed by atoms with van der Waals surface area (Å²) in [6, 6.07) is 35.0. The zero-order chi connectivity index (χ0) is 24.6. The molecule has 2 nitrogen and oxygen atoms in total. The summed E-state index contributed by atoms with van der Waals surface area (Å²) in [6.07, 6.45) is 18.2. The summed E-state index contributed by atoms with van der Waals surface area (Å²) >= 11 is 0. The van der Waals surface area contributed by atoms with E-state index in [0.717, 1.165) is 17.1 Å². The first kappa shape index (κ1) is 21.8. The second-order valence-electron chi connectivity index (χ2n) is 9.94. The molecule has 3 aliphatic rings. The molecule has 0 fully saturated rings. The minimum absolute atomic E-state index is 0.166. The van der Waals surface area contributed by atoms with E-state index in [1.165, 1.54) is 22.3 Å². The monoisotopic (exact) mass is 476 g/mol. The molecule has 0 bridgehead atoms. The Morgan fingerprint density at radius 2 is 1.00 bits per heavy atom. The summed E-state index contributed by atoms with van der Waals surface area (Å²) in [5.74, 6) is 1.53. The summed E-state index contributed by atoms with van der Waals surface area (Å²) < 4.78 is 0. The Morgan fingerprint density at radius 3 is 1.59 bits per heavy atom. The largest absolute Gasteiger partial charge is 0.342 e. The van der Waals surface area contributed by atoms with Crippen LogP contribution in [0.1, 0.15) is 23.0 Å². The molecule has 4 atom stereocenters. The van der Waals surface area contributed by atoms with Crippen LogP contribution in [-0.4, -0.2) is 17.1 Å². The normalized spacial score (nSPS) is 23.2. The second-order valence-corrected chi connectivity index (χ2v) is 9.94. The van der Waals surface area contributed by atoms with Crippen molar-refractivity contribution in [2.75, 3.05) is 4.90 Å². The lowest BCUT2D eigenvalue weighted by molar-refractivity contribution is 0.567. The number of pyridine rings is 1. The molecule has 2 heterocycles. The van der Waals surface area contributed by atoms with Gasteiger partial charge in [-0.05, 0) is 34.4 Å². The molecule has 1 aliphatic heterocycles. The molecule has 0 amide bonds. The molecule has 3 aromatic carbocycles. The zero-order valence-electron chi connectivity index (χ0n) is 20.6. The molecular weight excluding hydrogens is 448 g/mol. The molecule has 178 valence electrons. The molecule has 37 heavy (non-hydrogen) atoms. The topological polar surface area (TPSA) is 16.1 Å². The molecule has 7 rings (SSSR count). The first-order valence-corrected chi connectivity index (χ1v) is 13.1. The molecule has 2 heteroatoms. The zero-order valence-corrected chi connectivity index (χ0v) is 20.6. The smallest absolute Gasteiger partial charge is 0.130 e.